The van der Waals surface area contributed by atoms with Crippen molar-refractivity contribution in [3.8, 4) is 5.75 Å². The van der Waals surface area contributed by atoms with Gasteiger partial charge < -0.3 is 10.1 Å². The molecule has 1 rings (SSSR count). The second kappa shape index (κ2) is 7.42. The molecule has 0 aromatic heterocycles. The van der Waals surface area contributed by atoms with Crippen molar-refractivity contribution < 1.29 is 4.74 Å². The van der Waals surface area contributed by atoms with Crippen molar-refractivity contribution in [2.24, 2.45) is 0 Å². The van der Waals surface area contributed by atoms with Crippen molar-refractivity contribution in [1.29, 1.82) is 0 Å². The minimum Gasteiger partial charge on any atom is -0.492 e. The average Bonchev–Trinajstić information content (AvgIpc) is 2.33. The monoisotopic (exact) mass is 249 g/mol. The van der Waals surface area contributed by atoms with E-state index < -0.39 is 0 Å². The van der Waals surface area contributed by atoms with Gasteiger partial charge in [-0.05, 0) is 49.4 Å². The van der Waals surface area contributed by atoms with Crippen LogP contribution in [0.5, 0.6) is 5.75 Å². The zero-order valence-corrected chi connectivity index (χ0v) is 12.4. The van der Waals surface area contributed by atoms with E-state index in [0.717, 1.165) is 25.3 Å². The minimum absolute atomic E-state index is 0.547. The van der Waals surface area contributed by atoms with Crippen molar-refractivity contribution >= 4 is 0 Å². The number of aryl methyl sites for hydroxylation is 1. The highest BCUT2D eigenvalue weighted by Gasteiger charge is 2.03. The molecule has 2 nitrogen and oxygen atoms in total. The fourth-order valence-corrected chi connectivity index (χ4v) is 1.81. The Kier molecular flexibility index (Phi) is 6.20. The Bertz CT molecular complexity index is 360. The molecule has 1 N–H and O–H groups in total. The van der Waals surface area contributed by atoms with E-state index in [9.17, 15) is 0 Å². The summed E-state index contributed by atoms with van der Waals surface area (Å²) in [6.45, 7) is 12.6. The Balaban J connectivity index is 2.47. The summed E-state index contributed by atoms with van der Waals surface area (Å²) >= 11 is 0. The highest BCUT2D eigenvalue weighted by molar-refractivity contribution is 5.35. The zero-order chi connectivity index (χ0) is 13.5. The normalized spacial score (nSPS) is 12.8. The topological polar surface area (TPSA) is 21.3 Å². The molecule has 18 heavy (non-hydrogen) atoms. The second-order valence-corrected chi connectivity index (χ2v) is 5.35. The van der Waals surface area contributed by atoms with E-state index in [4.69, 9.17) is 4.74 Å². The first-order chi connectivity index (χ1) is 8.52. The summed E-state index contributed by atoms with van der Waals surface area (Å²) in [5.41, 5.74) is 2.62. The average molecular weight is 249 g/mol. The van der Waals surface area contributed by atoms with E-state index in [2.05, 4.69) is 58.1 Å². The first kappa shape index (κ1) is 15.0. The van der Waals surface area contributed by atoms with Crippen LogP contribution in [0.1, 0.15) is 51.2 Å². The van der Waals surface area contributed by atoms with Gasteiger partial charge in [0, 0.05) is 12.6 Å². The Morgan fingerprint density at radius 3 is 2.50 bits per heavy atom. The summed E-state index contributed by atoms with van der Waals surface area (Å²) in [5, 5.41) is 3.43. The molecule has 0 spiro atoms. The fourth-order valence-electron chi connectivity index (χ4n) is 1.81. The van der Waals surface area contributed by atoms with Crippen LogP contribution in [0.25, 0.3) is 0 Å². The van der Waals surface area contributed by atoms with Gasteiger partial charge in [0.1, 0.15) is 12.4 Å². The molecule has 1 atom stereocenters. The lowest BCUT2D eigenvalue weighted by Gasteiger charge is -2.14. The SMILES string of the molecule is CC[C@H](C)NCCOc1cc(C)cc(C(C)C)c1. The summed E-state index contributed by atoms with van der Waals surface area (Å²) in [5.74, 6) is 1.54. The molecule has 1 aromatic rings. The molecule has 0 saturated carbocycles. The fraction of sp³-hybridized carbons (Fsp3) is 0.625. The highest BCUT2D eigenvalue weighted by atomic mass is 16.5. The molecule has 0 unspecified atom stereocenters. The highest BCUT2D eigenvalue weighted by Crippen LogP contribution is 2.22. The van der Waals surface area contributed by atoms with E-state index in [-0.39, 0.29) is 0 Å². The maximum absolute atomic E-state index is 5.81. The first-order valence-electron chi connectivity index (χ1n) is 7.00. The number of hydrogen-bond acceptors (Lipinski definition) is 2. The molecule has 0 fully saturated rings. The van der Waals surface area contributed by atoms with Gasteiger partial charge in [-0.25, -0.2) is 0 Å². The Morgan fingerprint density at radius 2 is 1.89 bits per heavy atom. The summed E-state index contributed by atoms with van der Waals surface area (Å²) in [6, 6.07) is 7.06. The van der Waals surface area contributed by atoms with Gasteiger partial charge in [0.2, 0.25) is 0 Å². The number of ether oxygens (including phenoxy) is 1. The van der Waals surface area contributed by atoms with Gasteiger partial charge in [0.05, 0.1) is 0 Å². The van der Waals surface area contributed by atoms with Crippen LogP contribution in [-0.4, -0.2) is 19.2 Å². The Labute approximate surface area is 112 Å². The van der Waals surface area contributed by atoms with Gasteiger partial charge in [-0.2, -0.15) is 0 Å². The lowest BCUT2D eigenvalue weighted by Crippen LogP contribution is -2.29. The molecule has 1 aromatic carbocycles. The molecule has 0 saturated heterocycles. The van der Waals surface area contributed by atoms with Crippen molar-refractivity contribution in [3.05, 3.63) is 29.3 Å². The molecular formula is C16H27NO. The predicted molar refractivity (Wildman–Crippen MR) is 78.5 cm³/mol. The van der Waals surface area contributed by atoms with Crippen LogP contribution < -0.4 is 10.1 Å². The minimum atomic E-state index is 0.547. The van der Waals surface area contributed by atoms with Crippen molar-refractivity contribution in [2.75, 3.05) is 13.2 Å². The Hall–Kier alpha value is -1.02. The third kappa shape index (κ3) is 5.09. The second-order valence-electron chi connectivity index (χ2n) is 5.35. The van der Waals surface area contributed by atoms with Gasteiger partial charge in [-0.3, -0.25) is 0 Å². The van der Waals surface area contributed by atoms with Crippen LogP contribution in [0.4, 0.5) is 0 Å². The molecular weight excluding hydrogens is 222 g/mol. The molecule has 102 valence electrons. The number of benzene rings is 1. The largest absolute Gasteiger partial charge is 0.492 e. The predicted octanol–water partition coefficient (Wildman–Crippen LogP) is 3.89. The van der Waals surface area contributed by atoms with Crippen LogP contribution in [0.2, 0.25) is 0 Å². The molecule has 0 heterocycles. The molecule has 0 aliphatic carbocycles. The number of nitrogens with one attached hydrogen (secondary N) is 1. The van der Waals surface area contributed by atoms with Gasteiger partial charge in [0.15, 0.2) is 0 Å². The van der Waals surface area contributed by atoms with Crippen LogP contribution in [0, 0.1) is 6.92 Å². The zero-order valence-electron chi connectivity index (χ0n) is 12.4. The quantitative estimate of drug-likeness (QED) is 0.740. The Morgan fingerprint density at radius 1 is 1.17 bits per heavy atom. The molecule has 0 aliphatic rings. The molecule has 0 aliphatic heterocycles. The summed E-state index contributed by atoms with van der Waals surface area (Å²) in [4.78, 5) is 0. The maximum atomic E-state index is 5.81. The molecule has 0 amide bonds. The number of hydrogen-bond donors (Lipinski definition) is 1. The maximum Gasteiger partial charge on any atom is 0.119 e. The van der Waals surface area contributed by atoms with Crippen LogP contribution in [-0.2, 0) is 0 Å². The lowest BCUT2D eigenvalue weighted by molar-refractivity contribution is 0.305. The third-order valence-electron chi connectivity index (χ3n) is 3.22. The van der Waals surface area contributed by atoms with Crippen LogP contribution in [0.3, 0.4) is 0 Å². The summed E-state index contributed by atoms with van der Waals surface area (Å²) in [6.07, 6.45) is 1.15. The lowest BCUT2D eigenvalue weighted by atomic mass is 10.0. The van der Waals surface area contributed by atoms with Gasteiger partial charge in [-0.1, -0.05) is 26.8 Å². The van der Waals surface area contributed by atoms with Crippen LogP contribution >= 0.6 is 0 Å². The smallest absolute Gasteiger partial charge is 0.119 e. The number of rotatable bonds is 7. The van der Waals surface area contributed by atoms with E-state index in [0.29, 0.717) is 12.0 Å². The third-order valence-corrected chi connectivity index (χ3v) is 3.22. The standard InChI is InChI=1S/C16H27NO/c1-6-14(5)17-7-8-18-16-10-13(4)9-15(11-16)12(2)3/h9-12,14,17H,6-8H2,1-5H3/t14-/m0/s1. The van der Waals surface area contributed by atoms with E-state index >= 15 is 0 Å². The first-order valence-corrected chi connectivity index (χ1v) is 7.00. The summed E-state index contributed by atoms with van der Waals surface area (Å²) < 4.78 is 5.81. The van der Waals surface area contributed by atoms with Crippen molar-refractivity contribution in [3.63, 3.8) is 0 Å². The van der Waals surface area contributed by atoms with Crippen molar-refractivity contribution in [2.45, 2.75) is 53.0 Å². The molecule has 0 radical (unpaired) electrons. The molecule has 2 heteroatoms. The van der Waals surface area contributed by atoms with Gasteiger partial charge in [0.25, 0.3) is 0 Å². The van der Waals surface area contributed by atoms with Crippen LogP contribution in [0.15, 0.2) is 18.2 Å². The van der Waals surface area contributed by atoms with Crippen molar-refractivity contribution in [1.82, 2.24) is 5.32 Å². The summed E-state index contributed by atoms with van der Waals surface area (Å²) in [7, 11) is 0. The molecule has 0 bridgehead atoms. The van der Waals surface area contributed by atoms with E-state index in [1.54, 1.807) is 0 Å². The van der Waals surface area contributed by atoms with Gasteiger partial charge in [-0.15, -0.1) is 0 Å². The van der Waals surface area contributed by atoms with E-state index in [1.165, 1.54) is 11.1 Å². The van der Waals surface area contributed by atoms with E-state index in [1.807, 2.05) is 0 Å². The van der Waals surface area contributed by atoms with Gasteiger partial charge >= 0.3 is 0 Å².